The molecule has 1 saturated carbocycles. The zero-order valence-electron chi connectivity index (χ0n) is 18.2. The van der Waals surface area contributed by atoms with E-state index in [1.807, 2.05) is 24.3 Å². The Morgan fingerprint density at radius 3 is 2.45 bits per heavy atom. The molecule has 1 aromatic heterocycles. The molecule has 1 aliphatic carbocycles. The summed E-state index contributed by atoms with van der Waals surface area (Å²) >= 11 is 0. The molecule has 0 unspecified atom stereocenters. The molecule has 1 aliphatic rings. The molecule has 1 aromatic carbocycles. The summed E-state index contributed by atoms with van der Waals surface area (Å²) in [5, 5.41) is 19.0. The van der Waals surface area contributed by atoms with E-state index in [1.54, 1.807) is 14.1 Å². The standard InChI is InChI=1S/C22H28F3N5O/c1-21(2,22(23,24)25)12-16(31)28-20-17(13-8-7-9-13)19(29-30(20)4)18(26)14-10-5-6-11-15(14)27-3/h5-6,10-11,13,26-27H,7-9,12H2,1-4H3,(H,28,31). The van der Waals surface area contributed by atoms with Crippen LogP contribution >= 0.6 is 0 Å². The van der Waals surface area contributed by atoms with Gasteiger partial charge in [0.05, 0.1) is 11.1 Å². The predicted molar refractivity (Wildman–Crippen MR) is 115 cm³/mol. The number of hydrogen-bond donors (Lipinski definition) is 3. The number of rotatable bonds is 7. The number of aryl methyl sites for hydroxylation is 1. The minimum absolute atomic E-state index is 0.108. The van der Waals surface area contributed by atoms with Crippen molar-refractivity contribution in [2.45, 2.75) is 51.6 Å². The summed E-state index contributed by atoms with van der Waals surface area (Å²) in [6, 6.07) is 7.37. The lowest BCUT2D eigenvalue weighted by Crippen LogP contribution is -2.36. The van der Waals surface area contributed by atoms with Gasteiger partial charge in [-0.3, -0.25) is 14.9 Å². The first-order valence-corrected chi connectivity index (χ1v) is 10.3. The van der Waals surface area contributed by atoms with Crippen LogP contribution < -0.4 is 10.6 Å². The number of nitrogens with one attached hydrogen (secondary N) is 3. The second-order valence-electron chi connectivity index (χ2n) is 8.64. The molecule has 168 valence electrons. The highest BCUT2D eigenvalue weighted by atomic mass is 19.4. The van der Waals surface area contributed by atoms with Crippen LogP contribution in [0.3, 0.4) is 0 Å². The summed E-state index contributed by atoms with van der Waals surface area (Å²) < 4.78 is 41.1. The average Bonchev–Trinajstić information content (AvgIpc) is 2.94. The number of anilines is 2. The quantitative estimate of drug-likeness (QED) is 0.532. The highest BCUT2D eigenvalue weighted by Gasteiger charge is 2.48. The summed E-state index contributed by atoms with van der Waals surface area (Å²) in [6.07, 6.45) is -2.39. The third kappa shape index (κ3) is 4.45. The Hall–Kier alpha value is -2.84. The molecule has 31 heavy (non-hydrogen) atoms. The first-order valence-electron chi connectivity index (χ1n) is 10.3. The molecule has 0 radical (unpaired) electrons. The van der Waals surface area contributed by atoms with Gasteiger partial charge in [0.2, 0.25) is 5.91 Å². The van der Waals surface area contributed by atoms with Crippen molar-refractivity contribution in [3.63, 3.8) is 0 Å². The zero-order valence-corrected chi connectivity index (χ0v) is 18.2. The molecule has 9 heteroatoms. The number of para-hydroxylation sites is 1. The van der Waals surface area contributed by atoms with Gasteiger partial charge in [-0.25, -0.2) is 0 Å². The van der Waals surface area contributed by atoms with Crippen LogP contribution in [0.5, 0.6) is 0 Å². The lowest BCUT2D eigenvalue weighted by atomic mass is 9.78. The second kappa shape index (κ2) is 8.36. The van der Waals surface area contributed by atoms with Gasteiger partial charge in [-0.05, 0) is 24.8 Å². The maximum atomic E-state index is 13.2. The van der Waals surface area contributed by atoms with Crippen molar-refractivity contribution in [3.05, 3.63) is 41.1 Å². The van der Waals surface area contributed by atoms with Crippen LogP contribution in [-0.2, 0) is 11.8 Å². The number of amides is 1. The molecule has 3 N–H and O–H groups in total. The Bertz CT molecular complexity index is 990. The Kier molecular flexibility index (Phi) is 6.16. The Labute approximate surface area is 179 Å². The lowest BCUT2D eigenvalue weighted by Gasteiger charge is -2.28. The number of nitrogens with zero attached hydrogens (tertiary/aromatic N) is 2. The largest absolute Gasteiger partial charge is 0.394 e. The van der Waals surface area contributed by atoms with Crippen LogP contribution in [0.4, 0.5) is 24.7 Å². The van der Waals surface area contributed by atoms with Crippen LogP contribution in [0.25, 0.3) is 0 Å². The maximum Gasteiger partial charge on any atom is 0.394 e. The molecule has 2 aromatic rings. The predicted octanol–water partition coefficient (Wildman–Crippen LogP) is 5.06. The van der Waals surface area contributed by atoms with Gasteiger partial charge in [0, 0.05) is 37.3 Å². The molecular weight excluding hydrogens is 407 g/mol. The van der Waals surface area contributed by atoms with E-state index in [0.717, 1.165) is 44.4 Å². The van der Waals surface area contributed by atoms with E-state index >= 15 is 0 Å². The van der Waals surface area contributed by atoms with Crippen LogP contribution in [-0.4, -0.2) is 34.6 Å². The molecule has 1 heterocycles. The molecule has 0 atom stereocenters. The Morgan fingerprint density at radius 2 is 1.90 bits per heavy atom. The molecule has 1 amide bonds. The van der Waals surface area contributed by atoms with E-state index in [-0.39, 0.29) is 11.6 Å². The van der Waals surface area contributed by atoms with Crippen LogP contribution in [0, 0.1) is 10.8 Å². The number of carbonyl (C=O) groups is 1. The molecule has 6 nitrogen and oxygen atoms in total. The minimum Gasteiger partial charge on any atom is -0.388 e. The fourth-order valence-corrected chi connectivity index (χ4v) is 3.68. The fourth-order valence-electron chi connectivity index (χ4n) is 3.68. The molecule has 0 bridgehead atoms. The number of carbonyl (C=O) groups excluding carboxylic acids is 1. The number of hydrogen-bond acceptors (Lipinski definition) is 4. The van der Waals surface area contributed by atoms with Gasteiger partial charge >= 0.3 is 6.18 Å². The van der Waals surface area contributed by atoms with E-state index in [4.69, 9.17) is 5.41 Å². The first kappa shape index (κ1) is 22.8. The maximum absolute atomic E-state index is 13.2. The molecular formula is C22H28F3N5O. The number of benzene rings is 1. The molecule has 1 fully saturated rings. The molecule has 0 saturated heterocycles. The summed E-state index contributed by atoms with van der Waals surface area (Å²) in [5.74, 6) is -0.245. The minimum atomic E-state index is -4.49. The fraction of sp³-hybridized carbons (Fsp3) is 0.500. The first-order chi connectivity index (χ1) is 14.5. The molecule has 0 aliphatic heterocycles. The molecule has 0 spiro atoms. The summed E-state index contributed by atoms with van der Waals surface area (Å²) in [7, 11) is 3.40. The van der Waals surface area contributed by atoms with E-state index < -0.39 is 23.9 Å². The van der Waals surface area contributed by atoms with Crippen molar-refractivity contribution in [2.24, 2.45) is 12.5 Å². The average molecular weight is 435 g/mol. The number of halogens is 3. The van der Waals surface area contributed by atoms with Crippen molar-refractivity contribution in [1.29, 1.82) is 5.41 Å². The summed E-state index contributed by atoms with van der Waals surface area (Å²) in [6.45, 7) is 2.02. The van der Waals surface area contributed by atoms with Crippen LogP contribution in [0.2, 0.25) is 0 Å². The van der Waals surface area contributed by atoms with Gasteiger partial charge < -0.3 is 10.6 Å². The highest BCUT2D eigenvalue weighted by molar-refractivity contribution is 6.14. The zero-order chi connectivity index (χ0) is 23.0. The van der Waals surface area contributed by atoms with Crippen molar-refractivity contribution in [2.75, 3.05) is 17.7 Å². The third-order valence-corrected chi connectivity index (χ3v) is 5.93. The van der Waals surface area contributed by atoms with Crippen molar-refractivity contribution in [3.8, 4) is 0 Å². The second-order valence-corrected chi connectivity index (χ2v) is 8.64. The van der Waals surface area contributed by atoms with E-state index in [1.165, 1.54) is 4.68 Å². The summed E-state index contributed by atoms with van der Waals surface area (Å²) in [5.41, 5.74) is 0.671. The molecule has 3 rings (SSSR count). The normalized spacial score (nSPS) is 14.8. The third-order valence-electron chi connectivity index (χ3n) is 5.93. The van der Waals surface area contributed by atoms with Crippen LogP contribution in [0.15, 0.2) is 24.3 Å². The van der Waals surface area contributed by atoms with E-state index in [9.17, 15) is 18.0 Å². The highest BCUT2D eigenvalue weighted by Crippen LogP contribution is 2.43. The van der Waals surface area contributed by atoms with Crippen molar-refractivity contribution >= 4 is 23.1 Å². The topological polar surface area (TPSA) is 82.8 Å². The number of aromatic nitrogens is 2. The van der Waals surface area contributed by atoms with Crippen molar-refractivity contribution < 1.29 is 18.0 Å². The number of alkyl halides is 3. The Morgan fingerprint density at radius 1 is 1.26 bits per heavy atom. The van der Waals surface area contributed by atoms with Gasteiger partial charge in [-0.15, -0.1) is 0 Å². The van der Waals surface area contributed by atoms with Crippen LogP contribution in [0.1, 0.15) is 62.3 Å². The van der Waals surface area contributed by atoms with Gasteiger partial charge in [-0.1, -0.05) is 38.5 Å². The monoisotopic (exact) mass is 435 g/mol. The van der Waals surface area contributed by atoms with Crippen molar-refractivity contribution in [1.82, 2.24) is 9.78 Å². The summed E-state index contributed by atoms with van der Waals surface area (Å²) in [4.78, 5) is 12.5. The van der Waals surface area contributed by atoms with E-state index in [2.05, 4.69) is 15.7 Å². The lowest BCUT2D eigenvalue weighted by molar-refractivity contribution is -0.213. The van der Waals surface area contributed by atoms with Gasteiger partial charge in [0.25, 0.3) is 0 Å². The van der Waals surface area contributed by atoms with Gasteiger partial charge in [0.1, 0.15) is 11.5 Å². The Balaban J connectivity index is 1.96. The van der Waals surface area contributed by atoms with E-state index in [0.29, 0.717) is 17.1 Å². The smallest absolute Gasteiger partial charge is 0.388 e. The SMILES string of the molecule is CNc1ccccc1C(=N)c1nn(C)c(NC(=O)CC(C)(C)C(F)(F)F)c1C1CCC1. The van der Waals surface area contributed by atoms with Gasteiger partial charge in [0.15, 0.2) is 0 Å². The van der Waals surface area contributed by atoms with Gasteiger partial charge in [-0.2, -0.15) is 18.3 Å².